The first-order valence-corrected chi connectivity index (χ1v) is 6.79. The number of nitrogens with zero attached hydrogens (tertiary/aromatic N) is 2. The molecule has 0 aliphatic heterocycles. The van der Waals surface area contributed by atoms with Crippen LogP contribution in [0, 0.1) is 5.92 Å². The number of nitrogens with one attached hydrogen (secondary N) is 1. The third-order valence-electron chi connectivity index (χ3n) is 2.57. The summed E-state index contributed by atoms with van der Waals surface area (Å²) in [5.41, 5.74) is 6.60. The molecule has 17 heavy (non-hydrogen) atoms. The van der Waals surface area contributed by atoms with Gasteiger partial charge in [0.05, 0.1) is 10.2 Å². The van der Waals surface area contributed by atoms with Gasteiger partial charge in [-0.2, -0.15) is 4.98 Å². The molecule has 0 fully saturated rings. The second-order valence-corrected chi connectivity index (χ2v) is 5.44. The molecule has 2 heterocycles. The zero-order valence-electron chi connectivity index (χ0n) is 10.2. The van der Waals surface area contributed by atoms with Crippen LogP contribution in [-0.4, -0.2) is 16.5 Å². The lowest BCUT2D eigenvalue weighted by atomic mass is 10.1. The minimum Gasteiger partial charge on any atom is -0.369 e. The summed E-state index contributed by atoms with van der Waals surface area (Å²) >= 11 is 1.64. The molecule has 0 aliphatic carbocycles. The lowest BCUT2D eigenvalue weighted by Gasteiger charge is -2.08. The quantitative estimate of drug-likeness (QED) is 0.800. The van der Waals surface area contributed by atoms with Crippen molar-refractivity contribution in [1.29, 1.82) is 0 Å². The summed E-state index contributed by atoms with van der Waals surface area (Å²) in [5, 5.41) is 5.36. The largest absolute Gasteiger partial charge is 0.369 e. The summed E-state index contributed by atoms with van der Waals surface area (Å²) in [6.45, 7) is 5.40. The zero-order chi connectivity index (χ0) is 12.3. The zero-order valence-corrected chi connectivity index (χ0v) is 11.0. The number of anilines is 2. The predicted molar refractivity (Wildman–Crippen MR) is 74.4 cm³/mol. The molecule has 4 nitrogen and oxygen atoms in total. The molecule has 5 heteroatoms. The van der Waals surface area contributed by atoms with Crippen LogP contribution in [0.5, 0.6) is 0 Å². The van der Waals surface area contributed by atoms with Gasteiger partial charge in [0.1, 0.15) is 5.82 Å². The Morgan fingerprint density at radius 1 is 1.41 bits per heavy atom. The molecule has 0 radical (unpaired) electrons. The molecule has 2 rings (SSSR count). The number of aromatic nitrogens is 2. The number of fused-ring (bicyclic) bond motifs is 1. The third kappa shape index (κ3) is 3.06. The van der Waals surface area contributed by atoms with Crippen molar-refractivity contribution >= 4 is 33.3 Å². The normalized spacial score (nSPS) is 11.2. The Balaban J connectivity index is 2.04. The van der Waals surface area contributed by atoms with E-state index in [2.05, 4.69) is 29.1 Å². The van der Waals surface area contributed by atoms with E-state index in [9.17, 15) is 0 Å². The van der Waals surface area contributed by atoms with Gasteiger partial charge in [0.15, 0.2) is 0 Å². The molecule has 0 saturated carbocycles. The van der Waals surface area contributed by atoms with Crippen molar-refractivity contribution in [3.05, 3.63) is 11.4 Å². The molecular weight excluding hydrogens is 232 g/mol. The van der Waals surface area contributed by atoms with Crippen LogP contribution in [-0.2, 0) is 0 Å². The number of nitrogens with two attached hydrogens (primary N) is 1. The van der Waals surface area contributed by atoms with Crippen molar-refractivity contribution in [1.82, 2.24) is 9.97 Å². The Morgan fingerprint density at radius 3 is 3.00 bits per heavy atom. The average molecular weight is 250 g/mol. The molecule has 0 saturated heterocycles. The number of nitrogen functional groups attached to an aromatic ring is 1. The molecular formula is C12H18N4S. The van der Waals surface area contributed by atoms with Crippen LogP contribution in [0.2, 0.25) is 0 Å². The van der Waals surface area contributed by atoms with E-state index in [4.69, 9.17) is 5.73 Å². The van der Waals surface area contributed by atoms with E-state index in [1.54, 1.807) is 11.3 Å². The molecule has 92 valence electrons. The maximum Gasteiger partial charge on any atom is 0.222 e. The molecule has 0 aliphatic rings. The van der Waals surface area contributed by atoms with Gasteiger partial charge in [-0.05, 0) is 30.2 Å². The smallest absolute Gasteiger partial charge is 0.222 e. The fourth-order valence-electron chi connectivity index (χ4n) is 1.72. The van der Waals surface area contributed by atoms with Crippen LogP contribution < -0.4 is 11.1 Å². The van der Waals surface area contributed by atoms with E-state index in [1.807, 2.05) is 11.4 Å². The third-order valence-corrected chi connectivity index (χ3v) is 3.48. The van der Waals surface area contributed by atoms with Crippen LogP contribution in [0.4, 0.5) is 11.8 Å². The number of rotatable bonds is 5. The summed E-state index contributed by atoms with van der Waals surface area (Å²) in [7, 11) is 0. The van der Waals surface area contributed by atoms with E-state index in [0.29, 0.717) is 5.95 Å². The molecule has 3 N–H and O–H groups in total. The summed E-state index contributed by atoms with van der Waals surface area (Å²) < 4.78 is 1.09. The fourth-order valence-corrected chi connectivity index (χ4v) is 2.52. The van der Waals surface area contributed by atoms with Crippen molar-refractivity contribution in [3.63, 3.8) is 0 Å². The van der Waals surface area contributed by atoms with Crippen LogP contribution in [0.3, 0.4) is 0 Å². The van der Waals surface area contributed by atoms with Gasteiger partial charge in [0, 0.05) is 6.54 Å². The molecule has 0 bridgehead atoms. The topological polar surface area (TPSA) is 63.8 Å². The van der Waals surface area contributed by atoms with Gasteiger partial charge in [-0.3, -0.25) is 0 Å². The molecule has 0 unspecified atom stereocenters. The Morgan fingerprint density at radius 2 is 2.24 bits per heavy atom. The minimum absolute atomic E-state index is 0.335. The molecule has 2 aromatic rings. The van der Waals surface area contributed by atoms with Gasteiger partial charge in [0.2, 0.25) is 5.95 Å². The van der Waals surface area contributed by atoms with Crippen LogP contribution >= 0.6 is 11.3 Å². The fraction of sp³-hybridized carbons (Fsp3) is 0.500. The monoisotopic (exact) mass is 250 g/mol. The van der Waals surface area contributed by atoms with Gasteiger partial charge in [-0.15, -0.1) is 11.3 Å². The first-order valence-electron chi connectivity index (χ1n) is 5.91. The lowest BCUT2D eigenvalue weighted by molar-refractivity contribution is 0.567. The van der Waals surface area contributed by atoms with Crippen molar-refractivity contribution in [3.8, 4) is 0 Å². The number of hydrogen-bond donors (Lipinski definition) is 2. The standard InChI is InChI=1S/C12H18N4S/c1-8(2)4-3-6-14-11-10-9(5-7-17-10)15-12(13)16-11/h5,7-8H,3-4,6H2,1-2H3,(H3,13,14,15,16). The first kappa shape index (κ1) is 12.1. The first-order chi connectivity index (χ1) is 8.16. The van der Waals surface area contributed by atoms with E-state index >= 15 is 0 Å². The maximum atomic E-state index is 5.68. The Bertz CT molecular complexity index is 492. The Kier molecular flexibility index (Phi) is 3.78. The lowest BCUT2D eigenvalue weighted by Crippen LogP contribution is -2.06. The van der Waals surface area contributed by atoms with Gasteiger partial charge < -0.3 is 11.1 Å². The number of hydrogen-bond acceptors (Lipinski definition) is 5. The highest BCUT2D eigenvalue weighted by molar-refractivity contribution is 7.17. The summed E-state index contributed by atoms with van der Waals surface area (Å²) in [5.74, 6) is 1.95. The average Bonchev–Trinajstić information content (AvgIpc) is 2.71. The van der Waals surface area contributed by atoms with Crippen molar-refractivity contribution in [2.24, 2.45) is 5.92 Å². The highest BCUT2D eigenvalue weighted by Crippen LogP contribution is 2.26. The SMILES string of the molecule is CC(C)CCCNc1nc(N)nc2ccsc12. The second kappa shape index (κ2) is 5.31. The van der Waals surface area contributed by atoms with Crippen molar-refractivity contribution in [2.75, 3.05) is 17.6 Å². The van der Waals surface area contributed by atoms with E-state index < -0.39 is 0 Å². The van der Waals surface area contributed by atoms with E-state index in [-0.39, 0.29) is 0 Å². The Labute approximate surface area is 105 Å². The molecule has 0 amide bonds. The molecule has 0 spiro atoms. The van der Waals surface area contributed by atoms with Gasteiger partial charge in [-0.25, -0.2) is 4.98 Å². The van der Waals surface area contributed by atoms with Gasteiger partial charge in [-0.1, -0.05) is 13.8 Å². The van der Waals surface area contributed by atoms with Crippen molar-refractivity contribution < 1.29 is 0 Å². The van der Waals surface area contributed by atoms with E-state index in [1.165, 1.54) is 6.42 Å². The molecule has 2 aromatic heterocycles. The summed E-state index contributed by atoms with van der Waals surface area (Å²) in [6.07, 6.45) is 2.37. The highest BCUT2D eigenvalue weighted by Gasteiger charge is 2.06. The van der Waals surface area contributed by atoms with Gasteiger partial charge in [0.25, 0.3) is 0 Å². The summed E-state index contributed by atoms with van der Waals surface area (Å²) in [4.78, 5) is 8.45. The molecule has 0 aromatic carbocycles. The second-order valence-electron chi connectivity index (χ2n) is 4.53. The van der Waals surface area contributed by atoms with Crippen LogP contribution in [0.25, 0.3) is 10.2 Å². The highest BCUT2D eigenvalue weighted by atomic mass is 32.1. The number of thiophene rings is 1. The summed E-state index contributed by atoms with van der Waals surface area (Å²) in [6, 6.07) is 1.97. The van der Waals surface area contributed by atoms with E-state index in [0.717, 1.165) is 34.9 Å². The Hall–Kier alpha value is -1.36. The van der Waals surface area contributed by atoms with Crippen LogP contribution in [0.1, 0.15) is 26.7 Å². The van der Waals surface area contributed by atoms with Crippen molar-refractivity contribution in [2.45, 2.75) is 26.7 Å². The van der Waals surface area contributed by atoms with Gasteiger partial charge >= 0.3 is 0 Å². The predicted octanol–water partition coefficient (Wildman–Crippen LogP) is 3.12. The van der Waals surface area contributed by atoms with Crippen LogP contribution in [0.15, 0.2) is 11.4 Å². The molecule has 0 atom stereocenters. The minimum atomic E-state index is 0.335. The maximum absolute atomic E-state index is 5.68.